The van der Waals surface area contributed by atoms with Gasteiger partial charge in [0.15, 0.2) is 0 Å². The predicted molar refractivity (Wildman–Crippen MR) is 87.4 cm³/mol. The number of likely N-dealkylation sites (N-methyl/N-ethyl adjacent to an activating group) is 1. The fraction of sp³-hybridized carbons (Fsp3) is 0.533. The summed E-state index contributed by atoms with van der Waals surface area (Å²) >= 11 is 0. The molecule has 0 unspecified atom stereocenters. The number of benzene rings is 1. The maximum absolute atomic E-state index is 12.2. The largest absolute Gasteiger partial charge is 0.350 e. The average Bonchev–Trinajstić information content (AvgIpc) is 2.44. The van der Waals surface area contributed by atoms with E-state index in [1.54, 1.807) is 12.1 Å². The van der Waals surface area contributed by atoms with Crippen LogP contribution < -0.4 is 5.32 Å². The van der Waals surface area contributed by atoms with Crippen LogP contribution in [-0.4, -0.2) is 63.8 Å². The second-order valence-electron chi connectivity index (χ2n) is 6.20. The van der Waals surface area contributed by atoms with Crippen LogP contribution in [0.1, 0.15) is 24.2 Å². The van der Waals surface area contributed by atoms with E-state index in [0.717, 1.165) is 4.31 Å². The number of sulfonamides is 1. The lowest BCUT2D eigenvalue weighted by Crippen LogP contribution is -2.48. The first-order chi connectivity index (χ1) is 9.98. The van der Waals surface area contributed by atoms with Gasteiger partial charge in [-0.2, -0.15) is 0 Å². The molecule has 0 aliphatic heterocycles. The summed E-state index contributed by atoms with van der Waals surface area (Å²) in [4.78, 5) is 14.3. The molecule has 1 aromatic rings. The van der Waals surface area contributed by atoms with Gasteiger partial charge in [0.25, 0.3) is 5.91 Å². The van der Waals surface area contributed by atoms with E-state index < -0.39 is 10.0 Å². The molecule has 0 atom stereocenters. The molecule has 0 aromatic heterocycles. The van der Waals surface area contributed by atoms with Crippen LogP contribution in [0.3, 0.4) is 0 Å². The van der Waals surface area contributed by atoms with Crippen molar-refractivity contribution in [3.63, 3.8) is 0 Å². The molecule has 7 heteroatoms. The summed E-state index contributed by atoms with van der Waals surface area (Å²) in [5.41, 5.74) is 0.140. The predicted octanol–water partition coefficient (Wildman–Crippen LogP) is 1.01. The first-order valence-electron chi connectivity index (χ1n) is 6.97. The Morgan fingerprint density at radius 1 is 1.18 bits per heavy atom. The molecule has 0 radical (unpaired) electrons. The highest BCUT2D eigenvalue weighted by molar-refractivity contribution is 7.89. The van der Waals surface area contributed by atoms with Crippen molar-refractivity contribution in [3.05, 3.63) is 29.8 Å². The van der Waals surface area contributed by atoms with Gasteiger partial charge in [-0.25, -0.2) is 12.7 Å². The summed E-state index contributed by atoms with van der Waals surface area (Å²) in [6, 6.07) is 6.05. The fourth-order valence-electron chi connectivity index (χ4n) is 1.57. The molecular formula is C15H25N3O3S. The zero-order chi connectivity index (χ0) is 17.1. The quantitative estimate of drug-likeness (QED) is 0.846. The molecule has 0 fully saturated rings. The van der Waals surface area contributed by atoms with E-state index in [4.69, 9.17) is 0 Å². The summed E-state index contributed by atoms with van der Waals surface area (Å²) in [7, 11) is 3.26. The first kappa shape index (κ1) is 18.6. The number of hydrogen-bond acceptors (Lipinski definition) is 4. The van der Waals surface area contributed by atoms with E-state index in [2.05, 4.69) is 5.32 Å². The number of carbonyl (C=O) groups excluding carboxylic acids is 1. The summed E-state index contributed by atoms with van der Waals surface area (Å²) in [6.45, 7) is 4.49. The van der Waals surface area contributed by atoms with Crippen molar-refractivity contribution < 1.29 is 13.2 Å². The third-order valence-corrected chi connectivity index (χ3v) is 5.58. The maximum atomic E-state index is 12.2. The second-order valence-corrected chi connectivity index (χ2v) is 8.36. The van der Waals surface area contributed by atoms with Crippen LogP contribution in [0.2, 0.25) is 0 Å². The van der Waals surface area contributed by atoms with E-state index in [-0.39, 0.29) is 16.3 Å². The van der Waals surface area contributed by atoms with Gasteiger partial charge in [-0.15, -0.1) is 0 Å². The van der Waals surface area contributed by atoms with Crippen molar-refractivity contribution in [2.75, 3.05) is 34.7 Å². The van der Waals surface area contributed by atoms with Gasteiger partial charge in [0.05, 0.1) is 4.90 Å². The van der Waals surface area contributed by atoms with Gasteiger partial charge in [-0.1, -0.05) is 6.07 Å². The smallest absolute Gasteiger partial charge is 0.251 e. The normalized spacial score (nSPS) is 12.7. The van der Waals surface area contributed by atoms with Gasteiger partial charge in [-0.05, 0) is 46.1 Å². The van der Waals surface area contributed by atoms with Gasteiger partial charge >= 0.3 is 0 Å². The highest BCUT2D eigenvalue weighted by Gasteiger charge is 2.22. The molecule has 124 valence electrons. The molecule has 22 heavy (non-hydrogen) atoms. The molecule has 0 aliphatic carbocycles. The zero-order valence-electron chi connectivity index (χ0n) is 14.0. The minimum atomic E-state index is -3.54. The fourth-order valence-corrected chi connectivity index (χ4v) is 2.51. The Kier molecular flexibility index (Phi) is 5.72. The summed E-state index contributed by atoms with van der Waals surface area (Å²) in [6.07, 6.45) is 0. The number of hydrogen-bond donors (Lipinski definition) is 1. The van der Waals surface area contributed by atoms with E-state index in [1.807, 2.05) is 32.8 Å². The standard InChI is InChI=1S/C15H25N3O3S/c1-15(2,17(3)4)11-16-14(19)12-8-7-9-13(10-12)22(20,21)18(5)6/h7-10H,11H2,1-6H3,(H,16,19). The topological polar surface area (TPSA) is 69.7 Å². The zero-order valence-corrected chi connectivity index (χ0v) is 14.9. The van der Waals surface area contributed by atoms with Crippen molar-refractivity contribution in [2.24, 2.45) is 0 Å². The Bertz CT molecular complexity index is 637. The number of nitrogens with one attached hydrogen (secondary N) is 1. The van der Waals surface area contributed by atoms with Crippen LogP contribution >= 0.6 is 0 Å². The highest BCUT2D eigenvalue weighted by atomic mass is 32.2. The number of carbonyl (C=O) groups is 1. The van der Waals surface area contributed by atoms with Crippen molar-refractivity contribution >= 4 is 15.9 Å². The molecule has 6 nitrogen and oxygen atoms in total. The summed E-state index contributed by atoms with van der Waals surface area (Å²) in [5, 5.41) is 2.84. The number of rotatable bonds is 6. The Morgan fingerprint density at radius 2 is 1.77 bits per heavy atom. The molecular weight excluding hydrogens is 302 g/mol. The highest BCUT2D eigenvalue weighted by Crippen LogP contribution is 2.15. The van der Waals surface area contributed by atoms with E-state index in [0.29, 0.717) is 12.1 Å². The molecule has 1 aromatic carbocycles. The lowest BCUT2D eigenvalue weighted by molar-refractivity contribution is 0.0919. The average molecular weight is 327 g/mol. The first-order valence-corrected chi connectivity index (χ1v) is 8.41. The summed E-state index contributed by atoms with van der Waals surface area (Å²) in [5.74, 6) is -0.286. The van der Waals surface area contributed by atoms with E-state index >= 15 is 0 Å². The number of amides is 1. The molecule has 0 bridgehead atoms. The molecule has 0 saturated carbocycles. The summed E-state index contributed by atoms with van der Waals surface area (Å²) < 4.78 is 25.3. The molecule has 1 rings (SSSR count). The second kappa shape index (κ2) is 6.76. The van der Waals surface area contributed by atoms with Crippen LogP contribution in [-0.2, 0) is 10.0 Å². The maximum Gasteiger partial charge on any atom is 0.251 e. The van der Waals surface area contributed by atoms with Gasteiger partial charge < -0.3 is 10.2 Å². The SMILES string of the molecule is CN(C)C(C)(C)CNC(=O)c1cccc(S(=O)(=O)N(C)C)c1. The van der Waals surface area contributed by atoms with Crippen molar-refractivity contribution in [3.8, 4) is 0 Å². The van der Waals surface area contributed by atoms with Gasteiger partial charge in [0.1, 0.15) is 0 Å². The minimum Gasteiger partial charge on any atom is -0.350 e. The van der Waals surface area contributed by atoms with E-state index in [9.17, 15) is 13.2 Å². The van der Waals surface area contributed by atoms with Crippen LogP contribution in [0, 0.1) is 0 Å². The van der Waals surface area contributed by atoms with Crippen molar-refractivity contribution in [2.45, 2.75) is 24.3 Å². The molecule has 0 saturated heterocycles. The monoisotopic (exact) mass is 327 g/mol. The Labute approximate surface area is 133 Å². The van der Waals surface area contributed by atoms with E-state index in [1.165, 1.54) is 26.2 Å². The molecule has 0 spiro atoms. The van der Waals surface area contributed by atoms with Crippen molar-refractivity contribution in [1.29, 1.82) is 0 Å². The molecule has 1 N–H and O–H groups in total. The Morgan fingerprint density at radius 3 is 2.27 bits per heavy atom. The third-order valence-electron chi connectivity index (χ3n) is 3.77. The lowest BCUT2D eigenvalue weighted by atomic mass is 10.0. The molecule has 0 heterocycles. The Hall–Kier alpha value is -1.44. The van der Waals surface area contributed by atoms with Crippen LogP contribution in [0.25, 0.3) is 0 Å². The molecule has 0 aliphatic rings. The van der Waals surface area contributed by atoms with Crippen LogP contribution in [0.15, 0.2) is 29.2 Å². The van der Waals surface area contributed by atoms with Gasteiger partial charge in [-0.3, -0.25) is 4.79 Å². The lowest BCUT2D eigenvalue weighted by Gasteiger charge is -2.32. The minimum absolute atomic E-state index is 0.108. The number of nitrogens with zero attached hydrogens (tertiary/aromatic N) is 2. The van der Waals surface area contributed by atoms with Gasteiger partial charge in [0, 0.05) is 31.7 Å². The third kappa shape index (κ3) is 4.28. The Balaban J connectivity index is 2.93. The van der Waals surface area contributed by atoms with Gasteiger partial charge in [0.2, 0.25) is 10.0 Å². The van der Waals surface area contributed by atoms with Crippen LogP contribution in [0.5, 0.6) is 0 Å². The van der Waals surface area contributed by atoms with Crippen molar-refractivity contribution in [1.82, 2.24) is 14.5 Å². The molecule has 1 amide bonds. The van der Waals surface area contributed by atoms with Crippen LogP contribution in [0.4, 0.5) is 0 Å².